The van der Waals surface area contributed by atoms with Crippen LogP contribution in [0.2, 0.25) is 5.28 Å². The van der Waals surface area contributed by atoms with Gasteiger partial charge in [-0.05, 0) is 60.2 Å². The van der Waals surface area contributed by atoms with Crippen molar-refractivity contribution in [3.05, 3.63) is 45.1 Å². The van der Waals surface area contributed by atoms with Crippen molar-refractivity contribution in [3.8, 4) is 6.07 Å². The number of nitriles is 1. The van der Waals surface area contributed by atoms with Crippen molar-refractivity contribution in [2.45, 2.75) is 63.8 Å². The summed E-state index contributed by atoms with van der Waals surface area (Å²) < 4.78 is 38.6. The van der Waals surface area contributed by atoms with Crippen LogP contribution in [-0.2, 0) is 13.0 Å². The number of rotatable bonds is 5. The van der Waals surface area contributed by atoms with Crippen LogP contribution >= 0.6 is 22.9 Å². The maximum Gasteiger partial charge on any atom is 0.393 e. The van der Waals surface area contributed by atoms with Gasteiger partial charge >= 0.3 is 6.18 Å². The first-order valence-electron chi connectivity index (χ1n) is 11.9. The molecular weight excluding hydrogens is 509 g/mol. The smallest absolute Gasteiger partial charge is 0.369 e. The number of anilines is 2. The lowest BCUT2D eigenvalue weighted by molar-refractivity contribution is -0.126. The molecular formula is C25H26ClF3N6S. The van der Waals surface area contributed by atoms with Gasteiger partial charge in [-0.2, -0.15) is 18.4 Å². The van der Waals surface area contributed by atoms with E-state index in [1.165, 1.54) is 22.8 Å². The number of nitrogens with one attached hydrogen (secondary N) is 2. The molecule has 0 bridgehead atoms. The molecule has 36 heavy (non-hydrogen) atoms. The zero-order valence-corrected chi connectivity index (χ0v) is 21.5. The molecule has 0 saturated carbocycles. The summed E-state index contributed by atoms with van der Waals surface area (Å²) in [6.07, 6.45) is -3.51. The Hall–Kier alpha value is -2.61. The number of hydrogen-bond donors (Lipinski definition) is 2. The van der Waals surface area contributed by atoms with Crippen LogP contribution < -0.4 is 10.6 Å². The van der Waals surface area contributed by atoms with Crippen molar-refractivity contribution in [3.63, 3.8) is 0 Å². The van der Waals surface area contributed by atoms with Gasteiger partial charge in [-0.1, -0.05) is 13.0 Å². The summed E-state index contributed by atoms with van der Waals surface area (Å²) in [6.45, 7) is 6.83. The molecule has 11 heteroatoms. The molecule has 1 fully saturated rings. The number of fused-ring (bicyclic) bond motifs is 2. The van der Waals surface area contributed by atoms with E-state index in [0.717, 1.165) is 49.5 Å². The van der Waals surface area contributed by atoms with Gasteiger partial charge in [0.2, 0.25) is 5.28 Å². The SMILES string of the molecule is Cc1c(CN2CCC(Nc3nc(Cl)nc4sc(CC(F)(F)F)cc34)CC2)ccc2c1C(C)C(C#N)N2. The van der Waals surface area contributed by atoms with Gasteiger partial charge in [0.05, 0.1) is 17.9 Å². The van der Waals surface area contributed by atoms with Crippen LogP contribution in [0.25, 0.3) is 10.2 Å². The summed E-state index contributed by atoms with van der Waals surface area (Å²) in [7, 11) is 0. The summed E-state index contributed by atoms with van der Waals surface area (Å²) in [6, 6.07) is 8.04. The molecule has 6 nitrogen and oxygen atoms in total. The van der Waals surface area contributed by atoms with Crippen molar-refractivity contribution in [1.82, 2.24) is 14.9 Å². The Morgan fingerprint density at radius 3 is 2.72 bits per heavy atom. The van der Waals surface area contributed by atoms with Gasteiger partial charge in [0.15, 0.2) is 0 Å². The third kappa shape index (κ3) is 5.10. The van der Waals surface area contributed by atoms with Gasteiger partial charge in [0.25, 0.3) is 0 Å². The van der Waals surface area contributed by atoms with Gasteiger partial charge in [-0.3, -0.25) is 4.90 Å². The topological polar surface area (TPSA) is 76.9 Å². The fourth-order valence-electron chi connectivity index (χ4n) is 5.27. The molecule has 1 aromatic carbocycles. The average molecular weight is 535 g/mol. The summed E-state index contributed by atoms with van der Waals surface area (Å²) >= 11 is 7.07. The first-order chi connectivity index (χ1) is 17.1. The standard InChI is InChI=1S/C25H26ClF3N6S/c1-13-15(3-4-19-21(13)14(2)20(11-30)32-19)12-35-7-5-16(6-8-35)31-22-18-9-17(10-25(27,28)29)36-23(18)34-24(26)33-22/h3-4,9,14,16,20,32H,5-8,10,12H2,1-2H3,(H,31,33,34). The van der Waals surface area contributed by atoms with E-state index in [2.05, 4.69) is 57.6 Å². The molecule has 2 atom stereocenters. The quantitative estimate of drug-likeness (QED) is 0.376. The molecule has 4 heterocycles. The third-order valence-corrected chi connectivity index (χ3v) is 8.34. The highest BCUT2D eigenvalue weighted by Gasteiger charge is 2.32. The summed E-state index contributed by atoms with van der Waals surface area (Å²) in [4.78, 5) is 11.5. The Kier molecular flexibility index (Phi) is 6.74. The molecule has 2 aliphatic heterocycles. The zero-order valence-electron chi connectivity index (χ0n) is 19.9. The Morgan fingerprint density at radius 2 is 2.03 bits per heavy atom. The molecule has 3 aromatic rings. The molecule has 2 unspecified atom stereocenters. The van der Waals surface area contributed by atoms with E-state index in [-0.39, 0.29) is 28.2 Å². The van der Waals surface area contributed by atoms with Crippen LogP contribution in [-0.4, -0.2) is 46.2 Å². The number of piperidine rings is 1. The van der Waals surface area contributed by atoms with Crippen molar-refractivity contribution in [2.24, 2.45) is 0 Å². The van der Waals surface area contributed by atoms with Crippen molar-refractivity contribution >= 4 is 44.7 Å². The van der Waals surface area contributed by atoms with E-state index < -0.39 is 12.6 Å². The minimum absolute atomic E-state index is 0.0253. The van der Waals surface area contributed by atoms with Gasteiger partial charge < -0.3 is 10.6 Å². The highest BCUT2D eigenvalue weighted by atomic mass is 35.5. The van der Waals surface area contributed by atoms with Crippen LogP contribution in [0.5, 0.6) is 0 Å². The monoisotopic (exact) mass is 534 g/mol. The van der Waals surface area contributed by atoms with Gasteiger partial charge in [0, 0.05) is 42.2 Å². The molecule has 190 valence electrons. The number of alkyl halides is 3. The molecule has 1 saturated heterocycles. The minimum Gasteiger partial charge on any atom is -0.369 e. The zero-order chi connectivity index (χ0) is 25.6. The lowest BCUT2D eigenvalue weighted by Crippen LogP contribution is -2.39. The number of nitrogens with zero attached hydrogens (tertiary/aromatic N) is 4. The summed E-state index contributed by atoms with van der Waals surface area (Å²) in [5.41, 5.74) is 4.81. The molecule has 0 spiro atoms. The van der Waals surface area contributed by atoms with Crippen molar-refractivity contribution in [1.29, 1.82) is 5.26 Å². The highest BCUT2D eigenvalue weighted by Crippen LogP contribution is 2.39. The van der Waals surface area contributed by atoms with Gasteiger partial charge in [0.1, 0.15) is 16.7 Å². The Labute approximate surface area is 216 Å². The first kappa shape index (κ1) is 25.1. The van der Waals surface area contributed by atoms with E-state index in [1.54, 1.807) is 0 Å². The van der Waals surface area contributed by atoms with Gasteiger partial charge in [-0.25, -0.2) is 9.97 Å². The fraction of sp³-hybridized carbons (Fsp3) is 0.480. The Morgan fingerprint density at radius 1 is 1.28 bits per heavy atom. The molecule has 0 amide bonds. The van der Waals surface area contributed by atoms with E-state index in [9.17, 15) is 18.4 Å². The fourth-order valence-corrected chi connectivity index (χ4v) is 6.55. The Balaban J connectivity index is 1.24. The number of thiophene rings is 1. The largest absolute Gasteiger partial charge is 0.393 e. The highest BCUT2D eigenvalue weighted by molar-refractivity contribution is 7.18. The van der Waals surface area contributed by atoms with Crippen LogP contribution in [0.1, 0.15) is 47.3 Å². The van der Waals surface area contributed by atoms with Crippen LogP contribution in [0.15, 0.2) is 18.2 Å². The average Bonchev–Trinajstić information content (AvgIpc) is 3.35. The summed E-state index contributed by atoms with van der Waals surface area (Å²) in [5.74, 6) is 0.654. The molecule has 2 aromatic heterocycles. The molecule has 2 aliphatic rings. The predicted octanol–water partition coefficient (Wildman–Crippen LogP) is 6.26. The molecule has 2 N–H and O–H groups in total. The number of likely N-dealkylation sites (tertiary alicyclic amines) is 1. The lowest BCUT2D eigenvalue weighted by Gasteiger charge is -2.33. The van der Waals surface area contributed by atoms with Crippen LogP contribution in [0.4, 0.5) is 24.7 Å². The second-order valence-electron chi connectivity index (χ2n) is 9.61. The van der Waals surface area contributed by atoms with Crippen LogP contribution in [0, 0.1) is 18.3 Å². The maximum atomic E-state index is 12.9. The number of aromatic nitrogens is 2. The lowest BCUT2D eigenvalue weighted by atomic mass is 9.91. The number of benzene rings is 1. The Bertz CT molecular complexity index is 1330. The van der Waals surface area contributed by atoms with Crippen molar-refractivity contribution in [2.75, 3.05) is 23.7 Å². The molecule has 0 radical (unpaired) electrons. The first-order valence-corrected chi connectivity index (χ1v) is 13.1. The third-order valence-electron chi connectivity index (χ3n) is 7.15. The summed E-state index contributed by atoms with van der Waals surface area (Å²) in [5, 5.41) is 16.7. The molecule has 0 aliphatic carbocycles. The van der Waals surface area contributed by atoms with Gasteiger partial charge in [-0.15, -0.1) is 11.3 Å². The normalized spacial score (nSPS) is 20.8. The van der Waals surface area contributed by atoms with E-state index in [0.29, 0.717) is 16.0 Å². The minimum atomic E-state index is -4.28. The second-order valence-corrected chi connectivity index (χ2v) is 11.1. The van der Waals surface area contributed by atoms with E-state index >= 15 is 0 Å². The van der Waals surface area contributed by atoms with E-state index in [1.807, 2.05) is 0 Å². The molecule has 5 rings (SSSR count). The van der Waals surface area contributed by atoms with Crippen molar-refractivity contribution < 1.29 is 13.2 Å². The number of hydrogen-bond acceptors (Lipinski definition) is 7. The van der Waals surface area contributed by atoms with E-state index in [4.69, 9.17) is 11.6 Å². The second kappa shape index (κ2) is 9.69. The maximum absolute atomic E-state index is 12.9. The van der Waals surface area contributed by atoms with Crippen LogP contribution in [0.3, 0.4) is 0 Å². The predicted molar refractivity (Wildman–Crippen MR) is 137 cm³/mol. The number of halogens is 4.